The summed E-state index contributed by atoms with van der Waals surface area (Å²) < 4.78 is 33.4. The number of ether oxygens (including phenoxy) is 1. The number of benzene rings is 2. The molecule has 0 unspecified atom stereocenters. The number of carbonyl (C=O) groups excluding carboxylic acids is 1. The van der Waals surface area contributed by atoms with Crippen molar-refractivity contribution in [1.82, 2.24) is 4.31 Å². The molecule has 0 aliphatic carbocycles. The van der Waals surface area contributed by atoms with Gasteiger partial charge in [-0.25, -0.2) is 8.42 Å². The molecule has 3 rings (SSSR count). The van der Waals surface area contributed by atoms with Gasteiger partial charge in [0.25, 0.3) is 5.91 Å². The van der Waals surface area contributed by atoms with Crippen LogP contribution in [-0.4, -0.2) is 38.3 Å². The van der Waals surface area contributed by atoms with E-state index in [1.165, 1.54) is 0 Å². The normalized spacial score (nSPS) is 15.5. The number of hydrogen-bond acceptors (Lipinski definition) is 4. The van der Waals surface area contributed by atoms with Gasteiger partial charge in [0.2, 0.25) is 10.0 Å². The number of anilines is 1. The maximum atomic E-state index is 12.8. The van der Waals surface area contributed by atoms with Crippen molar-refractivity contribution in [2.45, 2.75) is 37.5 Å². The fourth-order valence-electron chi connectivity index (χ4n) is 3.26. The Bertz CT molecular complexity index is 953. The van der Waals surface area contributed by atoms with Crippen LogP contribution >= 0.6 is 15.9 Å². The molecule has 0 bridgehead atoms. The zero-order chi connectivity index (χ0) is 20.9. The summed E-state index contributed by atoms with van der Waals surface area (Å²) in [6.07, 6.45) is 3.92. The summed E-state index contributed by atoms with van der Waals surface area (Å²) in [5.41, 5.74) is 1.01. The van der Waals surface area contributed by atoms with E-state index in [-0.39, 0.29) is 10.8 Å². The van der Waals surface area contributed by atoms with Gasteiger partial charge in [-0.3, -0.25) is 4.79 Å². The zero-order valence-electron chi connectivity index (χ0n) is 16.4. The van der Waals surface area contributed by atoms with E-state index in [0.29, 0.717) is 41.2 Å². The lowest BCUT2D eigenvalue weighted by Crippen LogP contribution is -2.31. The molecule has 1 N–H and O–H groups in total. The fraction of sp³-hybridized carbons (Fsp3) is 0.381. The standard InChI is InChI=1S/C21H25BrN2O4S/c1-2-28-20-12-7-16(15-19(20)22)21(25)23-17-8-10-18(11-9-17)29(26,27)24-13-5-3-4-6-14-24/h7-12,15H,2-6,13-14H2,1H3,(H,23,25). The Morgan fingerprint density at radius 1 is 1.07 bits per heavy atom. The van der Waals surface area contributed by atoms with Gasteiger partial charge in [-0.2, -0.15) is 4.31 Å². The molecule has 2 aromatic carbocycles. The quantitative estimate of drug-likeness (QED) is 0.651. The lowest BCUT2D eigenvalue weighted by molar-refractivity contribution is 0.102. The molecule has 6 nitrogen and oxygen atoms in total. The summed E-state index contributed by atoms with van der Waals surface area (Å²) in [7, 11) is -3.50. The fourth-order valence-corrected chi connectivity index (χ4v) is 5.27. The van der Waals surface area contributed by atoms with Crippen LogP contribution in [0.4, 0.5) is 5.69 Å². The average molecular weight is 481 g/mol. The lowest BCUT2D eigenvalue weighted by Gasteiger charge is -2.20. The molecule has 1 aliphatic rings. The predicted molar refractivity (Wildman–Crippen MR) is 117 cm³/mol. The van der Waals surface area contributed by atoms with Gasteiger partial charge in [-0.05, 0) is 78.2 Å². The molecule has 1 aliphatic heterocycles. The Hall–Kier alpha value is -1.90. The summed E-state index contributed by atoms with van der Waals surface area (Å²) in [5.74, 6) is 0.393. The van der Waals surface area contributed by atoms with Crippen molar-refractivity contribution >= 4 is 37.5 Å². The van der Waals surface area contributed by atoms with Gasteiger partial charge in [0.1, 0.15) is 5.75 Å². The molecule has 156 valence electrons. The first-order valence-corrected chi connectivity index (χ1v) is 12.0. The van der Waals surface area contributed by atoms with Crippen molar-refractivity contribution in [3.05, 3.63) is 52.5 Å². The van der Waals surface area contributed by atoms with Crippen LogP contribution in [0.25, 0.3) is 0 Å². The third-order valence-corrected chi connectivity index (χ3v) is 7.34. The monoisotopic (exact) mass is 480 g/mol. The third kappa shape index (κ3) is 5.38. The summed E-state index contributed by atoms with van der Waals surface area (Å²) in [6.45, 7) is 3.56. The van der Waals surface area contributed by atoms with Crippen LogP contribution in [-0.2, 0) is 10.0 Å². The third-order valence-electron chi connectivity index (χ3n) is 4.81. The largest absolute Gasteiger partial charge is 0.493 e. The first kappa shape index (κ1) is 21.8. The highest BCUT2D eigenvalue weighted by molar-refractivity contribution is 9.10. The summed E-state index contributed by atoms with van der Waals surface area (Å²) in [4.78, 5) is 12.8. The van der Waals surface area contributed by atoms with Crippen LogP contribution in [0.15, 0.2) is 51.8 Å². The molecule has 1 saturated heterocycles. The number of halogens is 1. The van der Waals surface area contributed by atoms with E-state index < -0.39 is 10.0 Å². The molecule has 1 heterocycles. The maximum absolute atomic E-state index is 12.8. The Morgan fingerprint density at radius 2 is 1.72 bits per heavy atom. The van der Waals surface area contributed by atoms with Crippen molar-refractivity contribution < 1.29 is 17.9 Å². The number of hydrogen-bond donors (Lipinski definition) is 1. The highest BCUT2D eigenvalue weighted by atomic mass is 79.9. The highest BCUT2D eigenvalue weighted by Crippen LogP contribution is 2.27. The second-order valence-corrected chi connectivity index (χ2v) is 9.67. The van der Waals surface area contributed by atoms with E-state index in [4.69, 9.17) is 4.74 Å². The molecule has 0 saturated carbocycles. The number of nitrogens with one attached hydrogen (secondary N) is 1. The first-order valence-electron chi connectivity index (χ1n) is 9.75. The van der Waals surface area contributed by atoms with Crippen molar-refractivity contribution in [1.29, 1.82) is 0 Å². The minimum absolute atomic E-state index is 0.251. The Labute approximate surface area is 180 Å². The van der Waals surface area contributed by atoms with Gasteiger partial charge in [0.15, 0.2) is 0 Å². The van der Waals surface area contributed by atoms with Gasteiger partial charge in [-0.15, -0.1) is 0 Å². The van der Waals surface area contributed by atoms with Crippen molar-refractivity contribution in [3.8, 4) is 5.75 Å². The van der Waals surface area contributed by atoms with Crippen molar-refractivity contribution in [2.24, 2.45) is 0 Å². The topological polar surface area (TPSA) is 75.7 Å². The second-order valence-electron chi connectivity index (χ2n) is 6.88. The lowest BCUT2D eigenvalue weighted by atomic mass is 10.2. The molecule has 8 heteroatoms. The van der Waals surface area contributed by atoms with Crippen LogP contribution < -0.4 is 10.1 Å². The minimum atomic E-state index is -3.50. The van der Waals surface area contributed by atoms with Gasteiger partial charge < -0.3 is 10.1 Å². The molecule has 2 aromatic rings. The second kappa shape index (κ2) is 9.73. The average Bonchev–Trinajstić information content (AvgIpc) is 3.00. The summed E-state index contributed by atoms with van der Waals surface area (Å²) in [5, 5.41) is 2.80. The summed E-state index contributed by atoms with van der Waals surface area (Å²) in [6, 6.07) is 11.4. The molecule has 29 heavy (non-hydrogen) atoms. The van der Waals surface area contributed by atoms with E-state index >= 15 is 0 Å². The van der Waals surface area contributed by atoms with E-state index in [2.05, 4.69) is 21.2 Å². The number of sulfonamides is 1. The van der Waals surface area contributed by atoms with Crippen LogP contribution in [0.3, 0.4) is 0 Å². The SMILES string of the molecule is CCOc1ccc(C(=O)Nc2ccc(S(=O)(=O)N3CCCCCC3)cc2)cc1Br. The van der Waals surface area contributed by atoms with Crippen LogP contribution in [0.5, 0.6) is 5.75 Å². The van der Waals surface area contributed by atoms with Crippen LogP contribution in [0.2, 0.25) is 0 Å². The molecule has 0 spiro atoms. The summed E-state index contributed by atoms with van der Waals surface area (Å²) >= 11 is 3.40. The number of amides is 1. The number of rotatable bonds is 6. The molecule has 1 fully saturated rings. The number of carbonyl (C=O) groups is 1. The Morgan fingerprint density at radius 3 is 2.31 bits per heavy atom. The molecular weight excluding hydrogens is 456 g/mol. The molecule has 0 atom stereocenters. The van der Waals surface area contributed by atoms with Crippen LogP contribution in [0, 0.1) is 0 Å². The van der Waals surface area contributed by atoms with Gasteiger partial charge in [-0.1, -0.05) is 12.8 Å². The smallest absolute Gasteiger partial charge is 0.255 e. The Balaban J connectivity index is 1.70. The molecule has 1 amide bonds. The van der Waals surface area contributed by atoms with E-state index in [1.807, 2.05) is 6.92 Å². The number of nitrogens with zero attached hydrogens (tertiary/aromatic N) is 1. The van der Waals surface area contributed by atoms with Crippen molar-refractivity contribution in [3.63, 3.8) is 0 Å². The first-order chi connectivity index (χ1) is 13.9. The van der Waals surface area contributed by atoms with E-state index in [9.17, 15) is 13.2 Å². The van der Waals surface area contributed by atoms with Gasteiger partial charge >= 0.3 is 0 Å². The predicted octanol–water partition coefficient (Wildman–Crippen LogP) is 4.66. The van der Waals surface area contributed by atoms with Crippen LogP contribution in [0.1, 0.15) is 43.0 Å². The van der Waals surface area contributed by atoms with E-state index in [0.717, 1.165) is 25.7 Å². The Kier molecular flexibility index (Phi) is 7.32. The maximum Gasteiger partial charge on any atom is 0.255 e. The van der Waals surface area contributed by atoms with Crippen molar-refractivity contribution in [2.75, 3.05) is 25.0 Å². The molecule has 0 aromatic heterocycles. The molecule has 0 radical (unpaired) electrons. The van der Waals surface area contributed by atoms with Gasteiger partial charge in [0.05, 0.1) is 16.0 Å². The van der Waals surface area contributed by atoms with E-state index in [1.54, 1.807) is 46.8 Å². The highest BCUT2D eigenvalue weighted by Gasteiger charge is 2.25. The zero-order valence-corrected chi connectivity index (χ0v) is 18.8. The van der Waals surface area contributed by atoms with Gasteiger partial charge in [0, 0.05) is 24.3 Å². The minimum Gasteiger partial charge on any atom is -0.493 e. The molecular formula is C21H25BrN2O4S.